The third-order valence-electron chi connectivity index (χ3n) is 3.40. The summed E-state index contributed by atoms with van der Waals surface area (Å²) in [4.78, 5) is 25.4. The molecule has 1 aliphatic heterocycles. The molecule has 6 nitrogen and oxygen atoms in total. The smallest absolute Gasteiger partial charge is 0.410 e. The number of amides is 1. The molecule has 0 radical (unpaired) electrons. The van der Waals surface area contributed by atoms with E-state index in [1.807, 2.05) is 27.7 Å². The predicted molar refractivity (Wildman–Crippen MR) is 80.1 cm³/mol. The first-order chi connectivity index (χ1) is 9.76. The van der Waals surface area contributed by atoms with Gasteiger partial charge in [-0.2, -0.15) is 0 Å². The van der Waals surface area contributed by atoms with Crippen molar-refractivity contribution in [2.75, 3.05) is 20.2 Å². The predicted octanol–water partition coefficient (Wildman–Crippen LogP) is 1.93. The highest BCUT2D eigenvalue weighted by Crippen LogP contribution is 2.16. The average molecular weight is 300 g/mol. The van der Waals surface area contributed by atoms with Crippen LogP contribution in [0.25, 0.3) is 0 Å². The lowest BCUT2D eigenvalue weighted by atomic mass is 10.0. The summed E-state index contributed by atoms with van der Waals surface area (Å²) in [5, 5.41) is 3.28. The van der Waals surface area contributed by atoms with Crippen molar-refractivity contribution in [2.24, 2.45) is 0 Å². The maximum Gasteiger partial charge on any atom is 0.410 e. The molecule has 1 rings (SSSR count). The molecule has 0 aromatic heterocycles. The fraction of sp³-hybridized carbons (Fsp3) is 0.867. The Balaban J connectivity index is 2.55. The van der Waals surface area contributed by atoms with E-state index in [2.05, 4.69) is 5.32 Å². The molecule has 1 saturated heterocycles. The molecule has 0 spiro atoms. The molecule has 1 fully saturated rings. The third-order valence-corrected chi connectivity index (χ3v) is 3.40. The van der Waals surface area contributed by atoms with E-state index >= 15 is 0 Å². The number of methoxy groups -OCH3 is 1. The molecule has 1 heterocycles. The van der Waals surface area contributed by atoms with Crippen molar-refractivity contribution in [3.8, 4) is 0 Å². The van der Waals surface area contributed by atoms with Gasteiger partial charge in [-0.3, -0.25) is 10.1 Å². The maximum atomic E-state index is 12.1. The monoisotopic (exact) mass is 300 g/mol. The zero-order chi connectivity index (χ0) is 16.0. The second kappa shape index (κ2) is 7.64. The number of likely N-dealkylation sites (tertiary alicyclic amines) is 1. The molecule has 1 amide bonds. The Morgan fingerprint density at radius 2 is 2.05 bits per heavy atom. The second-order valence-electron chi connectivity index (χ2n) is 6.42. The summed E-state index contributed by atoms with van der Waals surface area (Å²) in [6, 6.07) is -0.228. The molecule has 0 aliphatic carbocycles. The van der Waals surface area contributed by atoms with E-state index in [-0.39, 0.29) is 24.1 Å². The Bertz CT molecular complexity index is 365. The van der Waals surface area contributed by atoms with Gasteiger partial charge in [-0.25, -0.2) is 4.79 Å². The number of nitrogens with zero attached hydrogens (tertiary/aromatic N) is 1. The number of piperidine rings is 1. The fourth-order valence-corrected chi connectivity index (χ4v) is 2.38. The van der Waals surface area contributed by atoms with Gasteiger partial charge in [0.2, 0.25) is 0 Å². The molecule has 2 atom stereocenters. The van der Waals surface area contributed by atoms with Crippen LogP contribution in [0.15, 0.2) is 0 Å². The van der Waals surface area contributed by atoms with Gasteiger partial charge < -0.3 is 14.4 Å². The van der Waals surface area contributed by atoms with Crippen molar-refractivity contribution in [3.63, 3.8) is 0 Å². The van der Waals surface area contributed by atoms with E-state index in [0.717, 1.165) is 12.8 Å². The Morgan fingerprint density at radius 3 is 2.57 bits per heavy atom. The Hall–Kier alpha value is -1.30. The molecular formula is C15H28N2O4. The molecule has 122 valence electrons. The number of carbonyl (C=O) groups excluding carboxylic acids is 2. The van der Waals surface area contributed by atoms with Gasteiger partial charge in [-0.05, 0) is 40.0 Å². The van der Waals surface area contributed by atoms with Gasteiger partial charge in [0, 0.05) is 19.1 Å². The quantitative estimate of drug-likeness (QED) is 0.804. The average Bonchev–Trinajstić information content (AvgIpc) is 2.42. The van der Waals surface area contributed by atoms with Crippen LogP contribution < -0.4 is 5.32 Å². The van der Waals surface area contributed by atoms with Crippen LogP contribution in [0.2, 0.25) is 0 Å². The number of hydrogen-bond acceptors (Lipinski definition) is 5. The normalized spacial score (nSPS) is 20.8. The minimum absolute atomic E-state index is 0.0929. The van der Waals surface area contributed by atoms with Gasteiger partial charge in [0.15, 0.2) is 0 Å². The lowest BCUT2D eigenvalue weighted by molar-refractivity contribution is -0.143. The first kappa shape index (κ1) is 17.8. The van der Waals surface area contributed by atoms with Crippen molar-refractivity contribution < 1.29 is 19.1 Å². The van der Waals surface area contributed by atoms with Crippen LogP contribution in [0.3, 0.4) is 0 Å². The Morgan fingerprint density at radius 1 is 1.38 bits per heavy atom. The van der Waals surface area contributed by atoms with Gasteiger partial charge in [-0.1, -0.05) is 6.92 Å². The fourth-order valence-electron chi connectivity index (χ4n) is 2.38. The SMILES string of the molecule is CCC(NC1CCCN(C(=O)OC(C)(C)C)C1)C(=O)OC. The summed E-state index contributed by atoms with van der Waals surface area (Å²) < 4.78 is 10.2. The molecule has 1 aliphatic rings. The van der Waals surface area contributed by atoms with Crippen LogP contribution in [0.5, 0.6) is 0 Å². The zero-order valence-corrected chi connectivity index (χ0v) is 13.8. The highest BCUT2D eigenvalue weighted by atomic mass is 16.6. The summed E-state index contributed by atoms with van der Waals surface area (Å²) in [7, 11) is 1.39. The number of hydrogen-bond donors (Lipinski definition) is 1. The van der Waals surface area contributed by atoms with E-state index in [1.54, 1.807) is 4.90 Å². The number of carbonyl (C=O) groups is 2. The first-order valence-electron chi connectivity index (χ1n) is 7.58. The van der Waals surface area contributed by atoms with Gasteiger partial charge >= 0.3 is 12.1 Å². The summed E-state index contributed by atoms with van der Waals surface area (Å²) in [6.07, 6.45) is 2.21. The van der Waals surface area contributed by atoms with Crippen molar-refractivity contribution in [1.82, 2.24) is 10.2 Å². The lowest BCUT2D eigenvalue weighted by Gasteiger charge is -2.35. The van der Waals surface area contributed by atoms with Crippen LogP contribution in [-0.2, 0) is 14.3 Å². The summed E-state index contributed by atoms with van der Waals surface area (Å²) >= 11 is 0. The van der Waals surface area contributed by atoms with E-state index in [0.29, 0.717) is 19.5 Å². The summed E-state index contributed by atoms with van der Waals surface area (Å²) in [5.41, 5.74) is -0.491. The molecule has 0 aromatic rings. The van der Waals surface area contributed by atoms with Crippen LogP contribution in [0, 0.1) is 0 Å². The topological polar surface area (TPSA) is 67.9 Å². The molecule has 1 N–H and O–H groups in total. The Kier molecular flexibility index (Phi) is 6.45. The lowest BCUT2D eigenvalue weighted by Crippen LogP contribution is -2.53. The Labute approximate surface area is 127 Å². The molecule has 2 unspecified atom stereocenters. The summed E-state index contributed by atoms with van der Waals surface area (Å²) in [6.45, 7) is 8.76. The highest BCUT2D eigenvalue weighted by Gasteiger charge is 2.29. The third kappa shape index (κ3) is 5.91. The molecule has 6 heteroatoms. The number of rotatable bonds is 4. The van der Waals surface area contributed by atoms with E-state index in [9.17, 15) is 9.59 Å². The van der Waals surface area contributed by atoms with E-state index in [1.165, 1.54) is 7.11 Å². The number of esters is 1. The van der Waals surface area contributed by atoms with Crippen molar-refractivity contribution in [1.29, 1.82) is 0 Å². The zero-order valence-electron chi connectivity index (χ0n) is 13.8. The minimum Gasteiger partial charge on any atom is -0.468 e. The molecule has 0 bridgehead atoms. The van der Waals surface area contributed by atoms with Crippen molar-refractivity contribution in [3.05, 3.63) is 0 Å². The molecule has 21 heavy (non-hydrogen) atoms. The van der Waals surface area contributed by atoms with Crippen LogP contribution >= 0.6 is 0 Å². The largest absolute Gasteiger partial charge is 0.468 e. The van der Waals surface area contributed by atoms with E-state index in [4.69, 9.17) is 9.47 Å². The van der Waals surface area contributed by atoms with Crippen molar-refractivity contribution >= 4 is 12.1 Å². The van der Waals surface area contributed by atoms with Crippen LogP contribution in [0.4, 0.5) is 4.79 Å². The highest BCUT2D eigenvalue weighted by molar-refractivity contribution is 5.75. The molecule has 0 aromatic carbocycles. The van der Waals surface area contributed by atoms with Crippen LogP contribution in [-0.4, -0.2) is 54.8 Å². The maximum absolute atomic E-state index is 12.1. The first-order valence-corrected chi connectivity index (χ1v) is 7.58. The van der Waals surface area contributed by atoms with E-state index < -0.39 is 5.60 Å². The number of ether oxygens (including phenoxy) is 2. The van der Waals surface area contributed by atoms with Gasteiger partial charge in [0.1, 0.15) is 11.6 Å². The van der Waals surface area contributed by atoms with Gasteiger partial charge in [0.05, 0.1) is 7.11 Å². The molecular weight excluding hydrogens is 272 g/mol. The number of nitrogens with one attached hydrogen (secondary N) is 1. The van der Waals surface area contributed by atoms with Crippen LogP contribution in [0.1, 0.15) is 47.0 Å². The second-order valence-corrected chi connectivity index (χ2v) is 6.42. The van der Waals surface area contributed by atoms with Gasteiger partial charge in [-0.15, -0.1) is 0 Å². The summed E-state index contributed by atoms with van der Waals surface area (Å²) in [5.74, 6) is -0.258. The molecule has 0 saturated carbocycles. The van der Waals surface area contributed by atoms with Gasteiger partial charge in [0.25, 0.3) is 0 Å². The van der Waals surface area contributed by atoms with Crippen molar-refractivity contribution in [2.45, 2.75) is 64.6 Å². The minimum atomic E-state index is -0.491. The standard InChI is InChI=1S/C15H28N2O4/c1-6-12(13(18)20-5)16-11-8-7-9-17(10-11)14(19)21-15(2,3)4/h11-12,16H,6-10H2,1-5H3.